The number of nitrogens with one attached hydrogen (secondary N) is 2. The summed E-state index contributed by atoms with van der Waals surface area (Å²) >= 11 is 0. The predicted octanol–water partition coefficient (Wildman–Crippen LogP) is 1.72. The van der Waals surface area contributed by atoms with Crippen molar-refractivity contribution in [3.63, 3.8) is 0 Å². The summed E-state index contributed by atoms with van der Waals surface area (Å²) in [6.45, 7) is 5.04. The molecule has 0 bridgehead atoms. The van der Waals surface area contributed by atoms with E-state index in [0.717, 1.165) is 25.7 Å². The van der Waals surface area contributed by atoms with Crippen LogP contribution in [-0.4, -0.2) is 18.0 Å². The Morgan fingerprint density at radius 2 is 1.80 bits per heavy atom. The fourth-order valence-electron chi connectivity index (χ4n) is 1.68. The molecule has 0 aromatic heterocycles. The third-order valence-corrected chi connectivity index (χ3v) is 2.56. The molecule has 0 saturated heterocycles. The van der Waals surface area contributed by atoms with Crippen LogP contribution in [0.3, 0.4) is 0 Å². The van der Waals surface area contributed by atoms with Gasteiger partial charge in [0.1, 0.15) is 0 Å². The number of carbonyl (C=O) groups excluding carboxylic acids is 2. The van der Waals surface area contributed by atoms with Crippen molar-refractivity contribution in [2.24, 2.45) is 0 Å². The Balaban J connectivity index is 2.28. The van der Waals surface area contributed by atoms with Gasteiger partial charge in [-0.3, -0.25) is 10.1 Å². The van der Waals surface area contributed by atoms with Gasteiger partial charge in [-0.15, -0.1) is 0 Å². The first-order valence-electron chi connectivity index (χ1n) is 5.37. The van der Waals surface area contributed by atoms with Crippen molar-refractivity contribution in [3.05, 3.63) is 12.2 Å². The molecule has 1 aliphatic rings. The van der Waals surface area contributed by atoms with Crippen LogP contribution in [0.2, 0.25) is 0 Å². The van der Waals surface area contributed by atoms with Crippen LogP contribution in [0.1, 0.15) is 39.0 Å². The fraction of sp³-hybridized carbons (Fsp3) is 0.636. The van der Waals surface area contributed by atoms with Crippen molar-refractivity contribution in [2.45, 2.75) is 45.1 Å². The van der Waals surface area contributed by atoms with E-state index in [9.17, 15) is 9.59 Å². The summed E-state index contributed by atoms with van der Waals surface area (Å²) in [5, 5.41) is 5.03. The minimum absolute atomic E-state index is 0.219. The van der Waals surface area contributed by atoms with Gasteiger partial charge in [-0.2, -0.15) is 0 Å². The van der Waals surface area contributed by atoms with Gasteiger partial charge in [-0.1, -0.05) is 25.8 Å². The summed E-state index contributed by atoms with van der Waals surface area (Å²) in [7, 11) is 0. The van der Waals surface area contributed by atoms with Crippen LogP contribution in [0.5, 0.6) is 0 Å². The first-order chi connectivity index (χ1) is 7.09. The lowest BCUT2D eigenvalue weighted by atomic mass is 9.96. The second-order valence-corrected chi connectivity index (χ2v) is 4.04. The monoisotopic (exact) mass is 210 g/mol. The zero-order valence-corrected chi connectivity index (χ0v) is 9.14. The quantitative estimate of drug-likeness (QED) is 0.682. The topological polar surface area (TPSA) is 58.2 Å². The summed E-state index contributed by atoms with van der Waals surface area (Å²) in [4.78, 5) is 22.5. The molecule has 0 aliphatic heterocycles. The standard InChI is InChI=1S/C11H18N2O2/c1-8(2)10(14)13-11(15)12-9-6-4-3-5-7-9/h9H,1,3-7H2,2H3,(H2,12,13,14,15). The molecule has 0 heterocycles. The summed E-state index contributed by atoms with van der Waals surface area (Å²) in [5.41, 5.74) is 0.341. The van der Waals surface area contributed by atoms with Gasteiger partial charge >= 0.3 is 6.03 Å². The summed E-state index contributed by atoms with van der Waals surface area (Å²) in [6, 6.07) is -0.188. The highest BCUT2D eigenvalue weighted by Crippen LogP contribution is 2.17. The molecule has 0 radical (unpaired) electrons. The summed E-state index contributed by atoms with van der Waals surface area (Å²) < 4.78 is 0. The smallest absolute Gasteiger partial charge is 0.321 e. The van der Waals surface area contributed by atoms with Gasteiger partial charge in [0.25, 0.3) is 5.91 Å². The molecule has 1 aliphatic carbocycles. The molecular weight excluding hydrogens is 192 g/mol. The van der Waals surface area contributed by atoms with Crippen molar-refractivity contribution < 1.29 is 9.59 Å². The largest absolute Gasteiger partial charge is 0.335 e. The van der Waals surface area contributed by atoms with E-state index in [4.69, 9.17) is 0 Å². The van der Waals surface area contributed by atoms with E-state index in [1.807, 2.05) is 0 Å². The Morgan fingerprint density at radius 1 is 1.20 bits per heavy atom. The normalized spacial score (nSPS) is 16.9. The molecule has 4 heteroatoms. The first kappa shape index (κ1) is 11.8. The maximum Gasteiger partial charge on any atom is 0.321 e. The number of hydrogen-bond acceptors (Lipinski definition) is 2. The number of urea groups is 1. The Kier molecular flexibility index (Phi) is 4.34. The third kappa shape index (κ3) is 4.14. The maximum absolute atomic E-state index is 11.3. The molecule has 0 unspecified atom stereocenters. The lowest BCUT2D eigenvalue weighted by Gasteiger charge is -2.22. The van der Waals surface area contributed by atoms with Gasteiger partial charge < -0.3 is 5.32 Å². The van der Waals surface area contributed by atoms with Crippen LogP contribution in [0.15, 0.2) is 12.2 Å². The SMILES string of the molecule is C=C(C)C(=O)NC(=O)NC1CCCCC1. The molecule has 15 heavy (non-hydrogen) atoms. The molecule has 3 amide bonds. The molecule has 84 valence electrons. The van der Waals surface area contributed by atoms with Crippen molar-refractivity contribution in [2.75, 3.05) is 0 Å². The Labute approximate surface area is 90.1 Å². The van der Waals surface area contributed by atoms with Crippen molar-refractivity contribution in [1.82, 2.24) is 10.6 Å². The van der Waals surface area contributed by atoms with Crippen molar-refractivity contribution >= 4 is 11.9 Å². The van der Waals surface area contributed by atoms with Gasteiger partial charge in [0.05, 0.1) is 0 Å². The maximum atomic E-state index is 11.3. The van der Waals surface area contributed by atoms with Crippen LogP contribution < -0.4 is 10.6 Å². The van der Waals surface area contributed by atoms with E-state index in [1.165, 1.54) is 6.42 Å². The fourth-order valence-corrected chi connectivity index (χ4v) is 1.68. The Hall–Kier alpha value is -1.32. The van der Waals surface area contributed by atoms with Crippen LogP contribution in [0.4, 0.5) is 4.79 Å². The molecule has 1 rings (SSSR count). The second-order valence-electron chi connectivity index (χ2n) is 4.04. The van der Waals surface area contributed by atoms with Gasteiger partial charge in [0, 0.05) is 11.6 Å². The lowest BCUT2D eigenvalue weighted by molar-refractivity contribution is -0.116. The Morgan fingerprint density at radius 3 is 2.33 bits per heavy atom. The molecular formula is C11H18N2O2. The summed E-state index contributed by atoms with van der Waals surface area (Å²) in [6.07, 6.45) is 5.56. The molecule has 1 fully saturated rings. The van der Waals surface area contributed by atoms with Gasteiger partial charge in [0.2, 0.25) is 0 Å². The van der Waals surface area contributed by atoms with E-state index < -0.39 is 11.9 Å². The minimum atomic E-state index is -0.414. The van der Waals surface area contributed by atoms with E-state index in [2.05, 4.69) is 17.2 Å². The number of rotatable bonds is 2. The molecule has 0 aromatic carbocycles. The number of carbonyl (C=O) groups is 2. The highest BCUT2D eigenvalue weighted by atomic mass is 16.2. The first-order valence-corrected chi connectivity index (χ1v) is 5.37. The molecule has 1 saturated carbocycles. The van der Waals surface area contributed by atoms with Crippen LogP contribution in [0, 0.1) is 0 Å². The van der Waals surface area contributed by atoms with Crippen LogP contribution in [-0.2, 0) is 4.79 Å². The van der Waals surface area contributed by atoms with Gasteiger partial charge in [0.15, 0.2) is 0 Å². The molecule has 0 spiro atoms. The highest BCUT2D eigenvalue weighted by molar-refractivity contribution is 6.03. The van der Waals surface area contributed by atoms with E-state index in [-0.39, 0.29) is 6.04 Å². The highest BCUT2D eigenvalue weighted by Gasteiger charge is 2.16. The van der Waals surface area contributed by atoms with Crippen LogP contribution >= 0.6 is 0 Å². The zero-order chi connectivity index (χ0) is 11.3. The van der Waals surface area contributed by atoms with Crippen LogP contribution in [0.25, 0.3) is 0 Å². The molecule has 0 aromatic rings. The lowest BCUT2D eigenvalue weighted by Crippen LogP contribution is -2.45. The number of imide groups is 1. The van der Waals surface area contributed by atoms with Crippen molar-refractivity contribution in [3.8, 4) is 0 Å². The average Bonchev–Trinajstić information content (AvgIpc) is 2.18. The Bertz CT molecular complexity index is 268. The van der Waals surface area contributed by atoms with E-state index >= 15 is 0 Å². The molecule has 0 atom stereocenters. The number of hydrogen-bond donors (Lipinski definition) is 2. The molecule has 2 N–H and O–H groups in total. The van der Waals surface area contributed by atoms with Gasteiger partial charge in [-0.25, -0.2) is 4.79 Å². The van der Waals surface area contributed by atoms with E-state index in [1.54, 1.807) is 6.92 Å². The number of amides is 3. The van der Waals surface area contributed by atoms with Crippen molar-refractivity contribution in [1.29, 1.82) is 0 Å². The predicted molar refractivity (Wildman–Crippen MR) is 58.4 cm³/mol. The van der Waals surface area contributed by atoms with Gasteiger partial charge in [-0.05, 0) is 19.8 Å². The minimum Gasteiger partial charge on any atom is -0.335 e. The zero-order valence-electron chi connectivity index (χ0n) is 9.14. The average molecular weight is 210 g/mol. The van der Waals surface area contributed by atoms with E-state index in [0.29, 0.717) is 5.57 Å². The summed E-state index contributed by atoms with van der Waals surface area (Å²) in [5.74, 6) is -0.414. The second kappa shape index (κ2) is 5.53. The molecule has 4 nitrogen and oxygen atoms in total. The third-order valence-electron chi connectivity index (χ3n) is 2.56.